The van der Waals surface area contributed by atoms with Gasteiger partial charge in [-0.25, -0.2) is 0 Å². The summed E-state index contributed by atoms with van der Waals surface area (Å²) < 4.78 is 7.64. The molecule has 0 aliphatic rings. The van der Waals surface area contributed by atoms with E-state index in [9.17, 15) is 0 Å². The smallest absolute Gasteiger partial charge is 0.149 e. The van der Waals surface area contributed by atoms with Crippen LogP contribution >= 0.6 is 0 Å². The maximum absolute atomic E-state index is 5.58. The second-order valence-electron chi connectivity index (χ2n) is 4.51. The average Bonchev–Trinajstić information content (AvgIpc) is 3.07. The van der Waals surface area contributed by atoms with E-state index in [0.29, 0.717) is 6.61 Å². The Morgan fingerprint density at radius 3 is 2.33 bits per heavy atom. The number of hydrogen-bond donors (Lipinski definition) is 0. The lowest BCUT2D eigenvalue weighted by Crippen LogP contribution is -1.95. The molecule has 3 rings (SSSR count). The van der Waals surface area contributed by atoms with E-state index >= 15 is 0 Å². The van der Waals surface area contributed by atoms with Crippen LogP contribution in [0, 0.1) is 11.8 Å². The Kier molecular flexibility index (Phi) is 4.04. The predicted octanol–water partition coefficient (Wildman–Crippen LogP) is 3.91. The van der Waals surface area contributed by atoms with E-state index in [1.807, 2.05) is 73.1 Å². The van der Waals surface area contributed by atoms with Crippen LogP contribution in [-0.4, -0.2) is 11.2 Å². The van der Waals surface area contributed by atoms with Gasteiger partial charge in [-0.3, -0.25) is 0 Å². The van der Waals surface area contributed by atoms with Crippen LogP contribution in [-0.2, 0) is 0 Å². The fourth-order valence-corrected chi connectivity index (χ4v) is 2.07. The number of para-hydroxylation sites is 2. The SMILES string of the molecule is C(#Cc1ccccc1-n1cccc1)COc1ccccc1. The van der Waals surface area contributed by atoms with Gasteiger partial charge in [0.15, 0.2) is 0 Å². The van der Waals surface area contributed by atoms with E-state index in [2.05, 4.69) is 22.5 Å². The quantitative estimate of drug-likeness (QED) is 0.660. The van der Waals surface area contributed by atoms with Crippen molar-refractivity contribution in [2.45, 2.75) is 0 Å². The van der Waals surface area contributed by atoms with Crippen LogP contribution in [0.4, 0.5) is 0 Å². The molecule has 0 radical (unpaired) electrons. The minimum Gasteiger partial charge on any atom is -0.481 e. The van der Waals surface area contributed by atoms with Gasteiger partial charge in [-0.1, -0.05) is 42.2 Å². The maximum Gasteiger partial charge on any atom is 0.149 e. The van der Waals surface area contributed by atoms with Crippen LogP contribution in [0.15, 0.2) is 79.1 Å². The van der Waals surface area contributed by atoms with Gasteiger partial charge >= 0.3 is 0 Å². The molecule has 1 aromatic heterocycles. The highest BCUT2D eigenvalue weighted by Gasteiger charge is 1.99. The van der Waals surface area contributed by atoms with Crippen molar-refractivity contribution in [1.29, 1.82) is 0 Å². The van der Waals surface area contributed by atoms with Crippen molar-refractivity contribution in [3.05, 3.63) is 84.7 Å². The van der Waals surface area contributed by atoms with Crippen LogP contribution < -0.4 is 4.74 Å². The largest absolute Gasteiger partial charge is 0.481 e. The first-order valence-corrected chi connectivity index (χ1v) is 6.82. The molecule has 2 aromatic carbocycles. The summed E-state index contributed by atoms with van der Waals surface area (Å²) in [6.45, 7) is 0.379. The normalized spacial score (nSPS) is 9.71. The summed E-state index contributed by atoms with van der Waals surface area (Å²) in [6, 6.07) is 21.8. The molecule has 0 aliphatic carbocycles. The highest BCUT2D eigenvalue weighted by molar-refractivity contribution is 5.51. The van der Waals surface area contributed by atoms with Gasteiger partial charge < -0.3 is 9.30 Å². The van der Waals surface area contributed by atoms with Crippen LogP contribution in [0.3, 0.4) is 0 Å². The molecule has 0 saturated carbocycles. The van der Waals surface area contributed by atoms with E-state index in [1.165, 1.54) is 0 Å². The maximum atomic E-state index is 5.58. The van der Waals surface area contributed by atoms with Gasteiger partial charge in [0.2, 0.25) is 0 Å². The molecule has 0 aliphatic heterocycles. The number of hydrogen-bond acceptors (Lipinski definition) is 1. The van der Waals surface area contributed by atoms with Gasteiger partial charge in [0.1, 0.15) is 12.4 Å². The van der Waals surface area contributed by atoms with Crippen molar-refractivity contribution in [3.8, 4) is 23.3 Å². The molecular formula is C19H15NO. The number of rotatable bonds is 3. The molecule has 0 spiro atoms. The highest BCUT2D eigenvalue weighted by Crippen LogP contribution is 2.13. The van der Waals surface area contributed by atoms with Crippen molar-refractivity contribution >= 4 is 0 Å². The van der Waals surface area contributed by atoms with Crippen molar-refractivity contribution in [1.82, 2.24) is 4.57 Å². The average molecular weight is 273 g/mol. The van der Waals surface area contributed by atoms with Gasteiger partial charge in [0.05, 0.1) is 5.69 Å². The minimum absolute atomic E-state index is 0.379. The summed E-state index contributed by atoms with van der Waals surface area (Å²) >= 11 is 0. The minimum atomic E-state index is 0.379. The van der Waals surface area contributed by atoms with Crippen LogP contribution in [0.5, 0.6) is 5.75 Å². The van der Waals surface area contributed by atoms with Crippen molar-refractivity contribution in [2.75, 3.05) is 6.61 Å². The summed E-state index contributed by atoms with van der Waals surface area (Å²) in [5.74, 6) is 7.08. The molecule has 0 unspecified atom stereocenters. The lowest BCUT2D eigenvalue weighted by atomic mass is 10.2. The first-order valence-electron chi connectivity index (χ1n) is 6.82. The molecule has 102 valence electrons. The standard InChI is InChI=1S/C19H15NO/c1-2-11-18(12-3-1)21-16-8-10-17-9-4-5-13-19(17)20-14-6-7-15-20/h1-7,9,11-15H,16H2. The molecule has 3 aromatic rings. The Morgan fingerprint density at radius 1 is 0.810 bits per heavy atom. The molecule has 1 heterocycles. The zero-order chi connectivity index (χ0) is 14.3. The Balaban J connectivity index is 1.73. The fourth-order valence-electron chi connectivity index (χ4n) is 2.07. The molecule has 0 amide bonds. The Hall–Kier alpha value is -2.92. The van der Waals surface area contributed by atoms with E-state index in [1.54, 1.807) is 0 Å². The van der Waals surface area contributed by atoms with E-state index in [4.69, 9.17) is 4.74 Å². The predicted molar refractivity (Wildman–Crippen MR) is 84.6 cm³/mol. The topological polar surface area (TPSA) is 14.2 Å². The zero-order valence-electron chi connectivity index (χ0n) is 11.6. The molecular weight excluding hydrogens is 258 g/mol. The van der Waals surface area contributed by atoms with Crippen molar-refractivity contribution in [3.63, 3.8) is 0 Å². The van der Waals surface area contributed by atoms with Crippen LogP contribution in [0.2, 0.25) is 0 Å². The number of benzene rings is 2. The summed E-state index contributed by atoms with van der Waals surface area (Å²) in [6.07, 6.45) is 4.03. The molecule has 0 saturated heterocycles. The Bertz CT molecular complexity index is 749. The third kappa shape index (κ3) is 3.34. The van der Waals surface area contributed by atoms with E-state index < -0.39 is 0 Å². The summed E-state index contributed by atoms with van der Waals surface area (Å²) in [4.78, 5) is 0. The van der Waals surface area contributed by atoms with Crippen LogP contribution in [0.25, 0.3) is 5.69 Å². The lowest BCUT2D eigenvalue weighted by molar-refractivity contribution is 0.370. The number of ether oxygens (including phenoxy) is 1. The third-order valence-corrected chi connectivity index (χ3v) is 3.06. The fraction of sp³-hybridized carbons (Fsp3) is 0.0526. The Morgan fingerprint density at radius 2 is 1.52 bits per heavy atom. The van der Waals surface area contributed by atoms with Crippen molar-refractivity contribution in [2.24, 2.45) is 0 Å². The van der Waals surface area contributed by atoms with Gasteiger partial charge in [-0.05, 0) is 36.4 Å². The molecule has 0 fully saturated rings. The molecule has 0 atom stereocenters. The Labute approximate surface area is 124 Å². The third-order valence-electron chi connectivity index (χ3n) is 3.06. The van der Waals surface area contributed by atoms with E-state index in [0.717, 1.165) is 17.0 Å². The van der Waals surface area contributed by atoms with Crippen molar-refractivity contribution < 1.29 is 4.74 Å². The summed E-state index contributed by atoms with van der Waals surface area (Å²) in [7, 11) is 0. The number of nitrogens with zero attached hydrogens (tertiary/aromatic N) is 1. The molecule has 0 bridgehead atoms. The molecule has 2 nitrogen and oxygen atoms in total. The van der Waals surface area contributed by atoms with Gasteiger partial charge in [-0.15, -0.1) is 0 Å². The second-order valence-corrected chi connectivity index (χ2v) is 4.51. The zero-order valence-corrected chi connectivity index (χ0v) is 11.6. The summed E-state index contributed by atoms with van der Waals surface area (Å²) in [5, 5.41) is 0. The lowest BCUT2D eigenvalue weighted by Gasteiger charge is -2.05. The van der Waals surface area contributed by atoms with Gasteiger partial charge in [-0.2, -0.15) is 0 Å². The first kappa shape index (κ1) is 13.1. The molecule has 0 N–H and O–H groups in total. The molecule has 2 heteroatoms. The van der Waals surface area contributed by atoms with E-state index in [-0.39, 0.29) is 0 Å². The highest BCUT2D eigenvalue weighted by atomic mass is 16.5. The number of aromatic nitrogens is 1. The summed E-state index contributed by atoms with van der Waals surface area (Å²) in [5.41, 5.74) is 2.07. The first-order chi connectivity index (χ1) is 10.4. The monoisotopic (exact) mass is 273 g/mol. The van der Waals surface area contributed by atoms with Gasteiger partial charge in [0.25, 0.3) is 0 Å². The van der Waals surface area contributed by atoms with Gasteiger partial charge in [0, 0.05) is 18.0 Å². The molecule has 21 heavy (non-hydrogen) atoms. The van der Waals surface area contributed by atoms with Crippen LogP contribution in [0.1, 0.15) is 5.56 Å². The second kappa shape index (κ2) is 6.49.